The number of nitrogens with zero attached hydrogens (tertiary/aromatic N) is 1. The highest BCUT2D eigenvalue weighted by molar-refractivity contribution is 7.89. The topological polar surface area (TPSA) is 86.7 Å². The summed E-state index contributed by atoms with van der Waals surface area (Å²) in [6.45, 7) is -0.266. The number of aliphatic hydroxyl groups excluding tert-OH is 1. The minimum atomic E-state index is -4.30. The number of amides is 1. The number of hydrogen-bond acceptors (Lipinski definition) is 4. The number of benzene rings is 2. The van der Waals surface area contributed by atoms with Gasteiger partial charge in [-0.15, -0.1) is 0 Å². The number of hydrogen-bond donors (Lipinski definition) is 2. The first-order chi connectivity index (χ1) is 13.6. The van der Waals surface area contributed by atoms with E-state index < -0.39 is 45.1 Å². The van der Waals surface area contributed by atoms with Gasteiger partial charge >= 0.3 is 0 Å². The Kier molecular flexibility index (Phi) is 6.45. The monoisotopic (exact) mass is 464 g/mol. The first kappa shape index (κ1) is 21.9. The highest BCUT2D eigenvalue weighted by Crippen LogP contribution is 2.31. The lowest BCUT2D eigenvalue weighted by Gasteiger charge is -2.23. The first-order valence-corrected chi connectivity index (χ1v) is 10.7. The van der Waals surface area contributed by atoms with Crippen LogP contribution in [-0.2, 0) is 10.0 Å². The average Bonchev–Trinajstić information content (AvgIpc) is 3.14. The zero-order valence-electron chi connectivity index (χ0n) is 14.8. The molecule has 2 aromatic carbocycles. The molecule has 1 aliphatic heterocycles. The lowest BCUT2D eigenvalue weighted by Crippen LogP contribution is -2.38. The van der Waals surface area contributed by atoms with Crippen molar-refractivity contribution in [2.24, 2.45) is 0 Å². The second kappa shape index (κ2) is 8.53. The Balaban J connectivity index is 1.97. The third-order valence-corrected chi connectivity index (χ3v) is 7.13. The standard InChI is InChI=1S/C18H16Cl2F2N2O4S/c19-13-8-16(22)17(29(27,28)24-5-1-2-11(24)9-25)7-12(13)18(26)23-10-3-4-15(21)14(20)6-10/h3-4,6-8,11,25H,1-2,5,9H2,(H,23,26). The Morgan fingerprint density at radius 1 is 1.17 bits per heavy atom. The van der Waals surface area contributed by atoms with Crippen LogP contribution in [-0.4, -0.2) is 42.9 Å². The molecule has 0 bridgehead atoms. The quantitative estimate of drug-likeness (QED) is 0.706. The molecule has 1 atom stereocenters. The van der Waals surface area contributed by atoms with E-state index in [1.165, 1.54) is 12.1 Å². The molecule has 1 unspecified atom stereocenters. The second-order valence-corrected chi connectivity index (χ2v) is 9.11. The molecule has 1 saturated heterocycles. The van der Waals surface area contributed by atoms with Crippen LogP contribution in [0.5, 0.6) is 0 Å². The molecule has 1 aliphatic rings. The van der Waals surface area contributed by atoms with E-state index in [9.17, 15) is 27.1 Å². The van der Waals surface area contributed by atoms with Gasteiger partial charge in [-0.3, -0.25) is 4.79 Å². The van der Waals surface area contributed by atoms with Gasteiger partial charge in [-0.1, -0.05) is 23.2 Å². The zero-order valence-corrected chi connectivity index (χ0v) is 17.2. The maximum atomic E-state index is 14.5. The van der Waals surface area contributed by atoms with E-state index in [1.807, 2.05) is 0 Å². The Morgan fingerprint density at radius 3 is 2.55 bits per heavy atom. The van der Waals surface area contributed by atoms with Crippen LogP contribution in [0.15, 0.2) is 35.2 Å². The van der Waals surface area contributed by atoms with Crippen LogP contribution in [0.2, 0.25) is 10.0 Å². The van der Waals surface area contributed by atoms with Crippen LogP contribution in [0.25, 0.3) is 0 Å². The number of sulfonamides is 1. The number of aliphatic hydroxyl groups is 1. The van der Waals surface area contributed by atoms with Crippen molar-refractivity contribution >= 4 is 44.8 Å². The van der Waals surface area contributed by atoms with Crippen LogP contribution in [0.4, 0.5) is 14.5 Å². The van der Waals surface area contributed by atoms with E-state index in [0.29, 0.717) is 12.8 Å². The van der Waals surface area contributed by atoms with Crippen LogP contribution in [0.1, 0.15) is 23.2 Å². The molecular weight excluding hydrogens is 449 g/mol. The number of anilines is 1. The van der Waals surface area contributed by atoms with Crippen molar-refractivity contribution in [2.75, 3.05) is 18.5 Å². The van der Waals surface area contributed by atoms with Gasteiger partial charge in [0.05, 0.1) is 22.2 Å². The second-order valence-electron chi connectivity index (χ2n) is 6.44. The molecule has 11 heteroatoms. The molecule has 156 valence electrons. The van der Waals surface area contributed by atoms with Crippen molar-refractivity contribution < 1.29 is 27.1 Å². The molecule has 0 spiro atoms. The fourth-order valence-corrected chi connectivity index (χ4v) is 5.28. The normalized spacial score (nSPS) is 17.5. The van der Waals surface area contributed by atoms with E-state index in [1.54, 1.807) is 0 Å². The molecule has 2 N–H and O–H groups in total. The number of nitrogens with one attached hydrogen (secondary N) is 1. The SMILES string of the molecule is O=C(Nc1ccc(F)c(Cl)c1)c1cc(S(=O)(=O)N2CCCC2CO)c(F)cc1Cl. The Labute approximate surface area is 176 Å². The molecule has 1 amide bonds. The molecule has 1 heterocycles. The summed E-state index contributed by atoms with van der Waals surface area (Å²) in [5, 5.41) is 11.3. The predicted octanol–water partition coefficient (Wildman–Crippen LogP) is 3.67. The molecule has 6 nitrogen and oxygen atoms in total. The van der Waals surface area contributed by atoms with Gasteiger partial charge < -0.3 is 10.4 Å². The maximum Gasteiger partial charge on any atom is 0.257 e. The number of carbonyl (C=O) groups is 1. The molecule has 3 rings (SSSR count). The summed E-state index contributed by atoms with van der Waals surface area (Å²) in [7, 11) is -4.30. The van der Waals surface area contributed by atoms with E-state index in [0.717, 1.165) is 22.5 Å². The molecule has 0 saturated carbocycles. The van der Waals surface area contributed by atoms with E-state index >= 15 is 0 Å². The lowest BCUT2D eigenvalue weighted by atomic mass is 10.2. The summed E-state index contributed by atoms with van der Waals surface area (Å²) in [5.74, 6) is -2.61. The van der Waals surface area contributed by atoms with Gasteiger partial charge in [-0.25, -0.2) is 17.2 Å². The van der Waals surface area contributed by atoms with Gasteiger partial charge in [0, 0.05) is 18.3 Å². The fourth-order valence-electron chi connectivity index (χ4n) is 3.11. The molecular formula is C18H16Cl2F2N2O4S. The summed E-state index contributed by atoms with van der Waals surface area (Å²) in [6.07, 6.45) is 0.974. The first-order valence-electron chi connectivity index (χ1n) is 8.53. The summed E-state index contributed by atoms with van der Waals surface area (Å²) in [6, 6.07) is 4.39. The molecule has 0 radical (unpaired) electrons. The van der Waals surface area contributed by atoms with Crippen LogP contribution in [0.3, 0.4) is 0 Å². The van der Waals surface area contributed by atoms with Crippen molar-refractivity contribution in [3.05, 3.63) is 57.6 Å². The molecule has 2 aromatic rings. The lowest BCUT2D eigenvalue weighted by molar-refractivity contribution is 0.102. The number of rotatable bonds is 5. The smallest absolute Gasteiger partial charge is 0.257 e. The van der Waals surface area contributed by atoms with Gasteiger partial charge in [0.25, 0.3) is 5.91 Å². The van der Waals surface area contributed by atoms with E-state index in [-0.39, 0.29) is 27.8 Å². The van der Waals surface area contributed by atoms with E-state index in [2.05, 4.69) is 5.32 Å². The van der Waals surface area contributed by atoms with Gasteiger partial charge in [0.15, 0.2) is 0 Å². The average molecular weight is 465 g/mol. The van der Waals surface area contributed by atoms with Crippen LogP contribution in [0, 0.1) is 11.6 Å². The van der Waals surface area contributed by atoms with Crippen molar-refractivity contribution in [3.63, 3.8) is 0 Å². The van der Waals surface area contributed by atoms with Crippen molar-refractivity contribution in [1.82, 2.24) is 4.31 Å². The number of carbonyl (C=O) groups excluding carboxylic acids is 1. The summed E-state index contributed by atoms with van der Waals surface area (Å²) in [5.41, 5.74) is -0.141. The predicted molar refractivity (Wildman–Crippen MR) is 105 cm³/mol. The Hall–Kier alpha value is -1.78. The van der Waals surface area contributed by atoms with Gasteiger partial charge in [0.2, 0.25) is 10.0 Å². The van der Waals surface area contributed by atoms with Crippen molar-refractivity contribution in [3.8, 4) is 0 Å². The largest absolute Gasteiger partial charge is 0.395 e. The summed E-state index contributed by atoms with van der Waals surface area (Å²) in [4.78, 5) is 11.8. The Morgan fingerprint density at radius 2 is 1.90 bits per heavy atom. The van der Waals surface area contributed by atoms with Gasteiger partial charge in [-0.05, 0) is 43.2 Å². The molecule has 1 fully saturated rings. The Bertz CT molecular complexity index is 1070. The molecule has 0 aromatic heterocycles. The minimum absolute atomic E-state index is 0.130. The van der Waals surface area contributed by atoms with Crippen molar-refractivity contribution in [1.29, 1.82) is 0 Å². The van der Waals surface area contributed by atoms with Crippen molar-refractivity contribution in [2.45, 2.75) is 23.8 Å². The van der Waals surface area contributed by atoms with Crippen LogP contribution >= 0.6 is 23.2 Å². The number of halogens is 4. The molecule has 29 heavy (non-hydrogen) atoms. The highest BCUT2D eigenvalue weighted by Gasteiger charge is 2.37. The molecule has 0 aliphatic carbocycles. The highest BCUT2D eigenvalue weighted by atomic mass is 35.5. The summed E-state index contributed by atoms with van der Waals surface area (Å²) >= 11 is 11.6. The maximum absolute atomic E-state index is 14.5. The zero-order chi connectivity index (χ0) is 21.3. The van der Waals surface area contributed by atoms with Gasteiger partial charge in [-0.2, -0.15) is 4.31 Å². The van der Waals surface area contributed by atoms with Gasteiger partial charge in [0.1, 0.15) is 16.5 Å². The summed E-state index contributed by atoms with van der Waals surface area (Å²) < 4.78 is 54.5. The fraction of sp³-hybridized carbons (Fsp3) is 0.278. The van der Waals surface area contributed by atoms with E-state index in [4.69, 9.17) is 23.2 Å². The minimum Gasteiger partial charge on any atom is -0.395 e. The third kappa shape index (κ3) is 4.39. The van der Waals surface area contributed by atoms with Crippen LogP contribution < -0.4 is 5.32 Å². The third-order valence-electron chi connectivity index (χ3n) is 4.56.